The molecule has 4 rings (SSSR count). The normalized spacial score (nSPS) is 16.3. The van der Waals surface area contributed by atoms with Crippen molar-refractivity contribution in [3.8, 4) is 0 Å². The molecule has 2 aliphatic rings. The Labute approximate surface area is 161 Å². The third-order valence-corrected chi connectivity index (χ3v) is 5.13. The first-order valence-corrected chi connectivity index (χ1v) is 9.09. The highest BCUT2D eigenvalue weighted by Crippen LogP contribution is 2.37. The molecule has 0 fully saturated rings. The van der Waals surface area contributed by atoms with Gasteiger partial charge >= 0.3 is 6.09 Å². The number of aromatic nitrogens is 2. The summed E-state index contributed by atoms with van der Waals surface area (Å²) in [6.45, 7) is 6.60. The number of carbonyl (C=O) groups is 3. The van der Waals surface area contributed by atoms with Gasteiger partial charge in [-0.25, -0.2) is 4.79 Å². The maximum Gasteiger partial charge on any atom is 0.435 e. The topological polar surface area (TPSA) is 114 Å². The van der Waals surface area contributed by atoms with Gasteiger partial charge in [-0.15, -0.1) is 5.10 Å². The summed E-state index contributed by atoms with van der Waals surface area (Å²) < 4.78 is 6.20. The molecule has 0 saturated heterocycles. The van der Waals surface area contributed by atoms with Crippen LogP contribution in [0.1, 0.15) is 48.0 Å². The van der Waals surface area contributed by atoms with Crippen LogP contribution in [0.5, 0.6) is 0 Å². The number of anilines is 2. The fourth-order valence-electron chi connectivity index (χ4n) is 3.51. The summed E-state index contributed by atoms with van der Waals surface area (Å²) in [5.41, 5.74) is 2.68. The van der Waals surface area contributed by atoms with E-state index >= 15 is 0 Å². The second kappa shape index (κ2) is 6.45. The number of rotatable bonds is 3. The molecular formula is C19H21N5O4. The smallest absolute Gasteiger partial charge is 0.435 e. The van der Waals surface area contributed by atoms with Crippen LogP contribution in [-0.2, 0) is 28.0 Å². The number of fused-ring (bicyclic) bond motifs is 2. The van der Waals surface area contributed by atoms with Gasteiger partial charge in [-0.3, -0.25) is 9.59 Å². The van der Waals surface area contributed by atoms with Crippen LogP contribution >= 0.6 is 0 Å². The number of hydrogen-bond donors (Lipinski definition) is 3. The van der Waals surface area contributed by atoms with Crippen molar-refractivity contribution in [2.45, 2.75) is 39.3 Å². The third kappa shape index (κ3) is 2.75. The van der Waals surface area contributed by atoms with Gasteiger partial charge in [-0.2, -0.15) is 4.68 Å². The first-order valence-electron chi connectivity index (χ1n) is 9.09. The Morgan fingerprint density at radius 1 is 1.32 bits per heavy atom. The third-order valence-electron chi connectivity index (χ3n) is 5.13. The lowest BCUT2D eigenvalue weighted by Gasteiger charge is -2.14. The quantitative estimate of drug-likeness (QED) is 0.747. The molecule has 1 aromatic heterocycles. The Morgan fingerprint density at radius 2 is 2.11 bits per heavy atom. The predicted octanol–water partition coefficient (Wildman–Crippen LogP) is 1.97. The number of hydrogen-bond acceptors (Lipinski definition) is 6. The van der Waals surface area contributed by atoms with E-state index in [1.54, 1.807) is 25.1 Å². The van der Waals surface area contributed by atoms with E-state index < -0.39 is 11.5 Å². The van der Waals surface area contributed by atoms with E-state index in [-0.39, 0.29) is 18.4 Å². The molecule has 2 aliphatic heterocycles. The van der Waals surface area contributed by atoms with Crippen molar-refractivity contribution < 1.29 is 19.1 Å². The van der Waals surface area contributed by atoms with Crippen molar-refractivity contribution in [1.29, 1.82) is 0 Å². The van der Waals surface area contributed by atoms with Crippen LogP contribution in [0.2, 0.25) is 0 Å². The summed E-state index contributed by atoms with van der Waals surface area (Å²) in [5.74, 6) is -0.148. The largest absolute Gasteiger partial charge is 0.448 e. The van der Waals surface area contributed by atoms with E-state index in [0.717, 1.165) is 11.1 Å². The number of benzene rings is 1. The molecular weight excluding hydrogens is 362 g/mol. The first kappa shape index (κ1) is 18.2. The highest BCUT2D eigenvalue weighted by atomic mass is 16.6. The maximum absolute atomic E-state index is 12.8. The molecule has 0 spiro atoms. The van der Waals surface area contributed by atoms with Crippen LogP contribution in [0.3, 0.4) is 0 Å². The van der Waals surface area contributed by atoms with Crippen molar-refractivity contribution in [2.24, 2.45) is 0 Å². The fraction of sp³-hybridized carbons (Fsp3) is 0.368. The fourth-order valence-corrected chi connectivity index (χ4v) is 3.51. The minimum absolute atomic E-state index is 0.0999. The van der Waals surface area contributed by atoms with E-state index in [4.69, 9.17) is 4.74 Å². The lowest BCUT2D eigenvalue weighted by Crippen LogP contribution is -2.26. The summed E-state index contributed by atoms with van der Waals surface area (Å²) in [4.78, 5) is 36.9. The average Bonchev–Trinajstić information content (AvgIpc) is 3.30. The zero-order chi connectivity index (χ0) is 20.1. The summed E-state index contributed by atoms with van der Waals surface area (Å²) >= 11 is 0. The van der Waals surface area contributed by atoms with Crippen LogP contribution < -0.4 is 16.0 Å². The van der Waals surface area contributed by atoms with Crippen molar-refractivity contribution >= 4 is 29.4 Å². The molecule has 3 heterocycles. The molecule has 2 amide bonds. The van der Waals surface area contributed by atoms with Crippen molar-refractivity contribution in [2.75, 3.05) is 17.2 Å². The van der Waals surface area contributed by atoms with Gasteiger partial charge in [-0.05, 0) is 38.5 Å². The molecule has 0 unspecified atom stereocenters. The number of carbonyl (C=O) groups excluding carboxylic acids is 3. The average molecular weight is 383 g/mol. The van der Waals surface area contributed by atoms with Gasteiger partial charge in [0.05, 0.1) is 17.7 Å². The molecule has 28 heavy (non-hydrogen) atoms. The van der Waals surface area contributed by atoms with Gasteiger partial charge in [0.25, 0.3) is 5.91 Å². The van der Waals surface area contributed by atoms with Gasteiger partial charge in [0, 0.05) is 29.9 Å². The van der Waals surface area contributed by atoms with Gasteiger partial charge in [0.2, 0.25) is 5.91 Å². The zero-order valence-corrected chi connectivity index (χ0v) is 15.9. The van der Waals surface area contributed by atoms with Crippen molar-refractivity contribution in [1.82, 2.24) is 15.1 Å². The summed E-state index contributed by atoms with van der Waals surface area (Å²) in [6, 6.07) is 5.11. The highest BCUT2D eigenvalue weighted by Gasteiger charge is 2.38. The van der Waals surface area contributed by atoms with Crippen LogP contribution in [0.25, 0.3) is 0 Å². The Hall–Kier alpha value is -3.20. The van der Waals surface area contributed by atoms with E-state index in [9.17, 15) is 14.4 Å². The molecule has 0 radical (unpaired) electrons. The predicted molar refractivity (Wildman–Crippen MR) is 101 cm³/mol. The molecule has 0 aliphatic carbocycles. The van der Waals surface area contributed by atoms with Gasteiger partial charge in [-0.1, -0.05) is 6.07 Å². The lowest BCUT2D eigenvalue weighted by atomic mass is 9.86. The van der Waals surface area contributed by atoms with E-state index in [1.165, 1.54) is 4.68 Å². The Balaban J connectivity index is 1.60. The highest BCUT2D eigenvalue weighted by molar-refractivity contribution is 6.09. The number of nitrogens with zero attached hydrogens (tertiary/aromatic N) is 2. The zero-order valence-electron chi connectivity index (χ0n) is 15.9. The Morgan fingerprint density at radius 3 is 2.86 bits per heavy atom. The first-order chi connectivity index (χ1) is 13.3. The molecule has 0 saturated carbocycles. The van der Waals surface area contributed by atoms with E-state index in [1.807, 2.05) is 13.8 Å². The molecule has 0 atom stereocenters. The number of nitrogens with one attached hydrogen (secondary N) is 3. The van der Waals surface area contributed by atoms with Crippen molar-refractivity contribution in [3.05, 3.63) is 40.6 Å². The molecule has 2 aromatic rings. The number of ether oxygens (including phenoxy) is 1. The van der Waals surface area contributed by atoms with Crippen LogP contribution in [-0.4, -0.2) is 34.3 Å². The molecule has 146 valence electrons. The molecule has 1 aromatic carbocycles. The second-order valence-corrected chi connectivity index (χ2v) is 7.28. The summed E-state index contributed by atoms with van der Waals surface area (Å²) in [5, 5.41) is 12.9. The number of amides is 2. The molecule has 0 bridgehead atoms. The molecule has 3 N–H and O–H groups in total. The Bertz CT molecular complexity index is 1010. The summed E-state index contributed by atoms with van der Waals surface area (Å²) in [6.07, 6.45) is -0.578. The monoisotopic (exact) mass is 383 g/mol. The lowest BCUT2D eigenvalue weighted by molar-refractivity contribution is -0.119. The van der Waals surface area contributed by atoms with Gasteiger partial charge < -0.3 is 20.7 Å². The second-order valence-electron chi connectivity index (χ2n) is 7.28. The minimum atomic E-state index is -0.630. The van der Waals surface area contributed by atoms with Crippen LogP contribution in [0.4, 0.5) is 16.3 Å². The standard InChI is InChI=1S/C19H21N5O4/c1-4-28-18(27)24-14-9-20-8-11(14)15(23-24)22-16(25)10-5-6-12-13(7-10)21-17(26)19(12,2)3/h5-7,20H,4,8-9H2,1-3H3,(H,21,26)(H,22,23,25). The Kier molecular flexibility index (Phi) is 4.19. The molecule has 9 heteroatoms. The van der Waals surface area contributed by atoms with E-state index in [0.29, 0.717) is 35.9 Å². The minimum Gasteiger partial charge on any atom is -0.448 e. The maximum atomic E-state index is 12.8. The SMILES string of the molecule is CCOC(=O)n1nc(NC(=O)c2ccc3c(c2)NC(=O)C3(C)C)c2c1CNC2. The van der Waals surface area contributed by atoms with E-state index in [2.05, 4.69) is 21.0 Å². The van der Waals surface area contributed by atoms with Crippen molar-refractivity contribution in [3.63, 3.8) is 0 Å². The van der Waals surface area contributed by atoms with Crippen LogP contribution in [0, 0.1) is 0 Å². The van der Waals surface area contributed by atoms with Gasteiger partial charge in [0.15, 0.2) is 5.82 Å². The molecule has 9 nitrogen and oxygen atoms in total. The summed E-state index contributed by atoms with van der Waals surface area (Å²) in [7, 11) is 0. The van der Waals surface area contributed by atoms with Gasteiger partial charge in [0.1, 0.15) is 0 Å². The van der Waals surface area contributed by atoms with Crippen LogP contribution in [0.15, 0.2) is 18.2 Å².